The van der Waals surface area contributed by atoms with E-state index in [9.17, 15) is 4.79 Å². The van der Waals surface area contributed by atoms with E-state index in [0.717, 1.165) is 24.2 Å². The lowest BCUT2D eigenvalue weighted by Crippen LogP contribution is -2.20. The molecule has 1 fully saturated rings. The summed E-state index contributed by atoms with van der Waals surface area (Å²) in [5, 5.41) is 0. The first-order valence-corrected chi connectivity index (χ1v) is 6.60. The highest BCUT2D eigenvalue weighted by molar-refractivity contribution is 5.71. The first kappa shape index (κ1) is 13.9. The number of rotatable bonds is 7. The molecule has 1 aliphatic rings. The lowest BCUT2D eigenvalue weighted by atomic mass is 10.2. The molecule has 4 nitrogen and oxygen atoms in total. The van der Waals surface area contributed by atoms with Crippen LogP contribution in [0.25, 0.3) is 0 Å². The third-order valence-corrected chi connectivity index (χ3v) is 3.28. The summed E-state index contributed by atoms with van der Waals surface area (Å²) in [5.41, 5.74) is 0.794. The van der Waals surface area contributed by atoms with Gasteiger partial charge >= 0.3 is 5.97 Å². The molecule has 2 rings (SSSR count). The van der Waals surface area contributed by atoms with Gasteiger partial charge in [0.1, 0.15) is 5.75 Å². The number of carbonyl (C=O) groups excluding carboxylic acids is 1. The van der Waals surface area contributed by atoms with Gasteiger partial charge in [0.2, 0.25) is 0 Å². The third kappa shape index (κ3) is 3.96. The summed E-state index contributed by atoms with van der Waals surface area (Å²) in [5.74, 6) is 0.658. The van der Waals surface area contributed by atoms with Crippen LogP contribution in [0.4, 0.5) is 0 Å². The van der Waals surface area contributed by atoms with Crippen molar-refractivity contribution < 1.29 is 19.0 Å². The molecular weight excluding hydrogens is 244 g/mol. The Kier molecular flexibility index (Phi) is 4.43. The average Bonchev–Trinajstić information content (AvgIpc) is 3.17. The highest BCUT2D eigenvalue weighted by atomic mass is 16.5. The lowest BCUT2D eigenvalue weighted by Gasteiger charge is -2.15. The fourth-order valence-electron chi connectivity index (χ4n) is 1.94. The highest BCUT2D eigenvalue weighted by Gasteiger charge is 2.46. The highest BCUT2D eigenvalue weighted by Crippen LogP contribution is 2.43. The lowest BCUT2D eigenvalue weighted by molar-refractivity contribution is -0.147. The second kappa shape index (κ2) is 6.06. The Labute approximate surface area is 113 Å². The average molecular weight is 264 g/mol. The summed E-state index contributed by atoms with van der Waals surface area (Å²) in [7, 11) is 1.64. The zero-order valence-corrected chi connectivity index (χ0v) is 11.5. The van der Waals surface area contributed by atoms with Gasteiger partial charge in [0.05, 0.1) is 32.3 Å². The summed E-state index contributed by atoms with van der Waals surface area (Å²) >= 11 is 0. The second-order valence-corrected chi connectivity index (χ2v) is 4.80. The standard InChI is InChI=1S/C15H20O4/c1-3-18-14(16)10-15(8-9-15)19-11-12-4-6-13(17-2)7-5-12/h4-7H,3,8-11H2,1-2H3. The normalized spacial score (nSPS) is 15.9. The summed E-state index contributed by atoms with van der Waals surface area (Å²) in [6.45, 7) is 2.76. The van der Waals surface area contributed by atoms with Crippen molar-refractivity contribution in [2.45, 2.75) is 38.4 Å². The summed E-state index contributed by atoms with van der Waals surface area (Å²) < 4.78 is 15.9. The van der Waals surface area contributed by atoms with Crippen LogP contribution in [-0.4, -0.2) is 25.3 Å². The van der Waals surface area contributed by atoms with Crippen molar-refractivity contribution in [1.29, 1.82) is 0 Å². The van der Waals surface area contributed by atoms with Crippen LogP contribution in [0, 0.1) is 0 Å². The van der Waals surface area contributed by atoms with Gasteiger partial charge < -0.3 is 14.2 Å². The molecule has 19 heavy (non-hydrogen) atoms. The van der Waals surface area contributed by atoms with E-state index in [2.05, 4.69) is 0 Å². The number of methoxy groups -OCH3 is 1. The molecule has 0 aromatic heterocycles. The summed E-state index contributed by atoms with van der Waals surface area (Å²) in [6.07, 6.45) is 2.22. The smallest absolute Gasteiger partial charge is 0.308 e. The Bertz CT molecular complexity index is 420. The minimum Gasteiger partial charge on any atom is -0.497 e. The molecule has 1 saturated carbocycles. The van der Waals surface area contributed by atoms with Crippen molar-refractivity contribution in [3.05, 3.63) is 29.8 Å². The number of carbonyl (C=O) groups is 1. The fourth-order valence-corrected chi connectivity index (χ4v) is 1.94. The maximum Gasteiger partial charge on any atom is 0.308 e. The molecule has 0 atom stereocenters. The van der Waals surface area contributed by atoms with Crippen LogP contribution in [0.3, 0.4) is 0 Å². The molecule has 0 bridgehead atoms. The van der Waals surface area contributed by atoms with Crippen LogP contribution in [0.15, 0.2) is 24.3 Å². The second-order valence-electron chi connectivity index (χ2n) is 4.80. The predicted molar refractivity (Wildman–Crippen MR) is 71.0 cm³/mol. The number of benzene rings is 1. The quantitative estimate of drug-likeness (QED) is 0.710. The molecule has 4 heteroatoms. The molecule has 0 aliphatic heterocycles. The molecule has 0 amide bonds. The Balaban J connectivity index is 1.82. The van der Waals surface area contributed by atoms with Crippen LogP contribution in [-0.2, 0) is 20.9 Å². The van der Waals surface area contributed by atoms with E-state index in [0.29, 0.717) is 19.6 Å². The molecule has 1 aromatic carbocycles. The van der Waals surface area contributed by atoms with E-state index in [1.807, 2.05) is 31.2 Å². The van der Waals surface area contributed by atoms with Crippen LogP contribution < -0.4 is 4.74 Å². The van der Waals surface area contributed by atoms with Gasteiger partial charge in [0.25, 0.3) is 0 Å². The molecule has 0 heterocycles. The molecule has 104 valence electrons. The van der Waals surface area contributed by atoms with E-state index in [1.165, 1.54) is 0 Å². The Hall–Kier alpha value is -1.55. The predicted octanol–water partition coefficient (Wildman–Crippen LogP) is 2.70. The van der Waals surface area contributed by atoms with Gasteiger partial charge in [0.15, 0.2) is 0 Å². The largest absolute Gasteiger partial charge is 0.497 e. The van der Waals surface area contributed by atoms with E-state index < -0.39 is 0 Å². The monoisotopic (exact) mass is 264 g/mol. The molecule has 0 saturated heterocycles. The Morgan fingerprint density at radius 2 is 1.95 bits per heavy atom. The van der Waals surface area contributed by atoms with Crippen LogP contribution in [0.5, 0.6) is 5.75 Å². The third-order valence-electron chi connectivity index (χ3n) is 3.28. The number of ether oxygens (including phenoxy) is 3. The van der Waals surface area contributed by atoms with Gasteiger partial charge in [-0.25, -0.2) is 0 Å². The van der Waals surface area contributed by atoms with E-state index in [-0.39, 0.29) is 11.6 Å². The summed E-state index contributed by atoms with van der Waals surface area (Å²) in [4.78, 5) is 11.5. The minimum atomic E-state index is -0.286. The maximum absolute atomic E-state index is 11.5. The maximum atomic E-state index is 11.5. The van der Waals surface area contributed by atoms with Crippen LogP contribution >= 0.6 is 0 Å². The molecule has 1 aromatic rings. The molecule has 0 spiro atoms. The number of hydrogen-bond acceptors (Lipinski definition) is 4. The molecule has 0 unspecified atom stereocenters. The van der Waals surface area contributed by atoms with Crippen LogP contribution in [0.2, 0.25) is 0 Å². The van der Waals surface area contributed by atoms with Gasteiger partial charge in [-0.05, 0) is 37.5 Å². The topological polar surface area (TPSA) is 44.8 Å². The number of esters is 1. The SMILES string of the molecule is CCOC(=O)CC1(OCc2ccc(OC)cc2)CC1. The van der Waals surface area contributed by atoms with Crippen LogP contribution in [0.1, 0.15) is 31.7 Å². The van der Waals surface area contributed by atoms with Crippen molar-refractivity contribution in [3.63, 3.8) is 0 Å². The fraction of sp³-hybridized carbons (Fsp3) is 0.533. The van der Waals surface area contributed by atoms with Crippen molar-refractivity contribution in [2.24, 2.45) is 0 Å². The van der Waals surface area contributed by atoms with Crippen molar-refractivity contribution >= 4 is 5.97 Å². The first-order chi connectivity index (χ1) is 9.17. The van der Waals surface area contributed by atoms with Crippen molar-refractivity contribution in [3.8, 4) is 5.75 Å². The molecule has 1 aliphatic carbocycles. The summed E-state index contributed by atoms with van der Waals surface area (Å²) in [6, 6.07) is 7.76. The van der Waals surface area contributed by atoms with Gasteiger partial charge in [-0.15, -0.1) is 0 Å². The molecule has 0 N–H and O–H groups in total. The van der Waals surface area contributed by atoms with Crippen molar-refractivity contribution in [2.75, 3.05) is 13.7 Å². The van der Waals surface area contributed by atoms with Gasteiger partial charge in [-0.3, -0.25) is 4.79 Å². The van der Waals surface area contributed by atoms with Gasteiger partial charge in [-0.1, -0.05) is 12.1 Å². The van der Waals surface area contributed by atoms with E-state index in [4.69, 9.17) is 14.2 Å². The van der Waals surface area contributed by atoms with E-state index in [1.54, 1.807) is 7.11 Å². The zero-order chi connectivity index (χ0) is 13.7. The molecular formula is C15H20O4. The van der Waals surface area contributed by atoms with Crippen molar-refractivity contribution in [1.82, 2.24) is 0 Å². The Morgan fingerprint density at radius 1 is 1.26 bits per heavy atom. The minimum absolute atomic E-state index is 0.172. The first-order valence-electron chi connectivity index (χ1n) is 6.60. The Morgan fingerprint density at radius 3 is 2.47 bits per heavy atom. The zero-order valence-electron chi connectivity index (χ0n) is 11.5. The van der Waals surface area contributed by atoms with E-state index >= 15 is 0 Å². The number of hydrogen-bond donors (Lipinski definition) is 0. The molecule has 0 radical (unpaired) electrons. The van der Waals surface area contributed by atoms with Gasteiger partial charge in [0, 0.05) is 0 Å². The van der Waals surface area contributed by atoms with Gasteiger partial charge in [-0.2, -0.15) is 0 Å².